The molecule has 39 heavy (non-hydrogen) atoms. The van der Waals surface area contributed by atoms with E-state index in [4.69, 9.17) is 18.9 Å². The van der Waals surface area contributed by atoms with Crippen molar-refractivity contribution in [3.05, 3.63) is 71.5 Å². The van der Waals surface area contributed by atoms with Crippen molar-refractivity contribution in [1.29, 1.82) is 0 Å². The highest BCUT2D eigenvalue weighted by Crippen LogP contribution is 2.36. The van der Waals surface area contributed by atoms with Crippen LogP contribution in [0.25, 0.3) is 0 Å². The van der Waals surface area contributed by atoms with Crippen LogP contribution in [-0.2, 0) is 22.5 Å². The highest BCUT2D eigenvalue weighted by atomic mass is 127. The lowest BCUT2D eigenvalue weighted by molar-refractivity contribution is 0.0137. The maximum absolute atomic E-state index is 6.58. The molecule has 208 valence electrons. The number of benzene rings is 2. The Morgan fingerprint density at radius 3 is 2.67 bits per heavy atom. The van der Waals surface area contributed by atoms with E-state index in [9.17, 15) is 0 Å². The van der Waals surface area contributed by atoms with E-state index in [0.717, 1.165) is 73.9 Å². The minimum atomic E-state index is 0.0578. The highest BCUT2D eigenvalue weighted by molar-refractivity contribution is 14.1. The zero-order valence-electron chi connectivity index (χ0n) is 22.6. The van der Waals surface area contributed by atoms with Gasteiger partial charge in [0, 0.05) is 55.6 Å². The quantitative estimate of drug-likeness (QED) is 0.175. The van der Waals surface area contributed by atoms with Crippen LogP contribution in [0.4, 0.5) is 5.69 Å². The molecule has 0 saturated carbocycles. The fourth-order valence-corrected chi connectivity index (χ4v) is 6.31. The normalized spacial score (nSPS) is 20.8. The van der Waals surface area contributed by atoms with Crippen molar-refractivity contribution in [2.24, 2.45) is 0 Å². The molecule has 2 aliphatic rings. The fraction of sp³-hybridized carbons (Fsp3) is 0.467. The third-order valence-corrected chi connectivity index (χ3v) is 8.48. The van der Waals surface area contributed by atoms with Crippen molar-refractivity contribution in [1.82, 2.24) is 15.3 Å². The van der Waals surface area contributed by atoms with Gasteiger partial charge in [-0.1, -0.05) is 47.7 Å². The van der Waals surface area contributed by atoms with Crippen LogP contribution in [0, 0.1) is 0 Å². The summed E-state index contributed by atoms with van der Waals surface area (Å²) in [5.74, 6) is 1.94. The van der Waals surface area contributed by atoms with Crippen LogP contribution in [0.15, 0.2) is 54.9 Å². The number of anilines is 1. The van der Waals surface area contributed by atoms with E-state index in [0.29, 0.717) is 23.1 Å². The maximum Gasteiger partial charge on any atom is 0.321 e. The van der Waals surface area contributed by atoms with E-state index >= 15 is 0 Å². The molecule has 1 saturated heterocycles. The van der Waals surface area contributed by atoms with Gasteiger partial charge in [0.05, 0.1) is 24.9 Å². The van der Waals surface area contributed by atoms with Crippen LogP contribution < -0.4 is 19.7 Å². The third kappa shape index (κ3) is 7.19. The largest absolute Gasteiger partial charge is 0.490 e. The second kappa shape index (κ2) is 13.7. The molecule has 9 heteroatoms. The summed E-state index contributed by atoms with van der Waals surface area (Å²) >= 11 is 2.55. The number of ether oxygens (including phenoxy) is 4. The van der Waals surface area contributed by atoms with Crippen molar-refractivity contribution >= 4 is 28.3 Å². The number of rotatable bonds is 11. The zero-order valence-corrected chi connectivity index (χ0v) is 24.8. The molecule has 1 N–H and O–H groups in total. The summed E-state index contributed by atoms with van der Waals surface area (Å²) in [6.07, 6.45) is 5.57. The van der Waals surface area contributed by atoms with E-state index in [-0.39, 0.29) is 12.0 Å². The lowest BCUT2D eigenvalue weighted by Crippen LogP contribution is -2.47. The molecule has 0 amide bonds. The van der Waals surface area contributed by atoms with Gasteiger partial charge in [0.15, 0.2) is 0 Å². The topological polar surface area (TPSA) is 78.0 Å². The number of nitrogens with zero attached hydrogens (tertiary/aromatic N) is 3. The van der Waals surface area contributed by atoms with Crippen molar-refractivity contribution in [3.8, 4) is 17.5 Å². The molecule has 2 aliphatic heterocycles. The molecule has 0 spiro atoms. The van der Waals surface area contributed by atoms with Crippen LogP contribution in [0.1, 0.15) is 36.0 Å². The van der Waals surface area contributed by atoms with Crippen molar-refractivity contribution < 1.29 is 18.9 Å². The van der Waals surface area contributed by atoms with E-state index < -0.39 is 0 Å². The summed E-state index contributed by atoms with van der Waals surface area (Å²) in [6, 6.07) is 15.0. The van der Waals surface area contributed by atoms with Gasteiger partial charge in [-0.2, -0.15) is 0 Å². The molecule has 2 unspecified atom stereocenters. The standard InChI is InChI=1S/C30H37IN4O4/c1-3-21-16-33-30(34-17-21)39-24-8-6-23(7-9-24)29-25(31)18-32-19-28(29)38-20-22-5-10-27-26(15-22)35(12-14-37-27)11-4-13-36-2/h5-10,15-17,25,28-29,32H,3-4,11-14,18-20H2,1-2H3/t25?,28?,29-/m0/s1. The molecule has 1 fully saturated rings. The van der Waals surface area contributed by atoms with Gasteiger partial charge in [0.2, 0.25) is 0 Å². The zero-order chi connectivity index (χ0) is 27.0. The lowest BCUT2D eigenvalue weighted by Gasteiger charge is -2.36. The van der Waals surface area contributed by atoms with Crippen LogP contribution in [0.2, 0.25) is 0 Å². The summed E-state index contributed by atoms with van der Waals surface area (Å²) < 4.78 is 24.0. The Bertz CT molecular complexity index is 1190. The van der Waals surface area contributed by atoms with Crippen LogP contribution >= 0.6 is 22.6 Å². The summed E-state index contributed by atoms with van der Waals surface area (Å²) in [6.45, 7) is 7.72. The minimum absolute atomic E-state index is 0.0578. The number of hydrogen-bond acceptors (Lipinski definition) is 8. The third-order valence-electron chi connectivity index (χ3n) is 7.26. The van der Waals surface area contributed by atoms with Crippen molar-refractivity contribution in [2.75, 3.05) is 51.4 Å². The van der Waals surface area contributed by atoms with Gasteiger partial charge >= 0.3 is 6.01 Å². The molecule has 3 heterocycles. The molecule has 5 rings (SSSR count). The first kappa shape index (κ1) is 28.1. The second-order valence-electron chi connectivity index (χ2n) is 9.93. The Morgan fingerprint density at radius 1 is 1.08 bits per heavy atom. The predicted molar refractivity (Wildman–Crippen MR) is 161 cm³/mol. The number of nitrogens with one attached hydrogen (secondary N) is 1. The molecule has 0 bridgehead atoms. The summed E-state index contributed by atoms with van der Waals surface area (Å²) in [7, 11) is 1.75. The predicted octanol–water partition coefficient (Wildman–Crippen LogP) is 5.14. The Kier molecular flexibility index (Phi) is 9.89. The highest BCUT2D eigenvalue weighted by Gasteiger charge is 2.34. The van der Waals surface area contributed by atoms with Crippen molar-refractivity contribution in [3.63, 3.8) is 0 Å². The molecular weight excluding hydrogens is 607 g/mol. The first-order chi connectivity index (χ1) is 19.1. The van der Waals surface area contributed by atoms with Gasteiger partial charge in [-0.05, 0) is 53.8 Å². The van der Waals surface area contributed by atoms with E-state index in [1.807, 2.05) is 24.5 Å². The Morgan fingerprint density at radius 2 is 1.90 bits per heavy atom. The lowest BCUT2D eigenvalue weighted by atomic mass is 9.87. The fourth-order valence-electron chi connectivity index (χ4n) is 5.12. The van der Waals surface area contributed by atoms with Crippen LogP contribution in [0.3, 0.4) is 0 Å². The van der Waals surface area contributed by atoms with Gasteiger partial charge in [-0.3, -0.25) is 0 Å². The number of hydrogen-bond donors (Lipinski definition) is 1. The SMILES string of the molecule is CCc1cnc(Oc2ccc([C@H]3C(I)CNCC3OCc3ccc4c(c3)N(CCCOC)CCO4)cc2)nc1. The number of alkyl halides is 1. The van der Waals surface area contributed by atoms with E-state index in [1.165, 1.54) is 5.56 Å². The number of fused-ring (bicyclic) bond motifs is 1. The second-order valence-corrected chi connectivity index (χ2v) is 11.5. The van der Waals surface area contributed by atoms with Crippen LogP contribution in [-0.4, -0.2) is 66.5 Å². The number of halogens is 1. The molecular formula is C30H37IN4O4. The molecule has 0 aliphatic carbocycles. The monoisotopic (exact) mass is 644 g/mol. The number of piperidine rings is 1. The summed E-state index contributed by atoms with van der Waals surface area (Å²) in [4.78, 5) is 11.0. The Labute approximate surface area is 244 Å². The molecule has 8 nitrogen and oxygen atoms in total. The van der Waals surface area contributed by atoms with Gasteiger partial charge in [0.25, 0.3) is 0 Å². The van der Waals surface area contributed by atoms with Gasteiger partial charge < -0.3 is 29.2 Å². The number of aromatic nitrogens is 2. The van der Waals surface area contributed by atoms with Crippen molar-refractivity contribution in [2.45, 2.75) is 42.3 Å². The van der Waals surface area contributed by atoms with Crippen LogP contribution in [0.5, 0.6) is 17.5 Å². The average molecular weight is 645 g/mol. The van der Waals surface area contributed by atoms with E-state index in [1.54, 1.807) is 7.11 Å². The summed E-state index contributed by atoms with van der Waals surface area (Å²) in [5, 5.41) is 3.55. The molecule has 2 aromatic carbocycles. The maximum atomic E-state index is 6.58. The molecule has 3 aromatic rings. The molecule has 0 radical (unpaired) electrons. The number of methoxy groups -OCH3 is 1. The van der Waals surface area contributed by atoms with E-state index in [2.05, 4.69) is 80.0 Å². The first-order valence-corrected chi connectivity index (χ1v) is 14.9. The average Bonchev–Trinajstić information content (AvgIpc) is 2.97. The smallest absolute Gasteiger partial charge is 0.321 e. The summed E-state index contributed by atoms with van der Waals surface area (Å²) in [5.41, 5.74) is 4.64. The van der Waals surface area contributed by atoms with Gasteiger partial charge in [0.1, 0.15) is 18.1 Å². The van der Waals surface area contributed by atoms with Gasteiger partial charge in [-0.25, -0.2) is 9.97 Å². The molecule has 3 atom stereocenters. The minimum Gasteiger partial charge on any atom is -0.490 e. The van der Waals surface area contributed by atoms with Gasteiger partial charge in [-0.15, -0.1) is 0 Å². The Balaban J connectivity index is 1.24. The Hall–Kier alpha value is -2.47. The first-order valence-electron chi connectivity index (χ1n) is 13.7. The number of aryl methyl sites for hydroxylation is 1. The molecule has 1 aromatic heterocycles.